The Bertz CT molecular complexity index is 836. The summed E-state index contributed by atoms with van der Waals surface area (Å²) in [4.78, 5) is 24.6. The maximum Gasteiger partial charge on any atom is 0.343 e. The standard InChI is InChI=1S/C18H16O7/c1-23-14-4-3-12-15(25-18(22)16(12)17(14)24-2)8-13(21)9-5-10(19)7-11(20)6-9/h3-7,15,19-20H,8H2,1-2H3/t15-/m0/s1. The summed E-state index contributed by atoms with van der Waals surface area (Å²) in [5.41, 5.74) is 0.890. The number of ketones is 1. The van der Waals surface area contributed by atoms with Crippen LogP contribution in [0.3, 0.4) is 0 Å². The maximum absolute atomic E-state index is 12.4. The van der Waals surface area contributed by atoms with Crippen molar-refractivity contribution in [1.29, 1.82) is 0 Å². The normalized spacial score (nSPS) is 15.4. The van der Waals surface area contributed by atoms with Gasteiger partial charge in [-0.1, -0.05) is 6.07 Å². The van der Waals surface area contributed by atoms with Gasteiger partial charge in [0.2, 0.25) is 0 Å². The summed E-state index contributed by atoms with van der Waals surface area (Å²) in [7, 11) is 2.87. The minimum Gasteiger partial charge on any atom is -0.508 e. The van der Waals surface area contributed by atoms with Gasteiger partial charge >= 0.3 is 5.97 Å². The summed E-state index contributed by atoms with van der Waals surface area (Å²) in [6.07, 6.45) is -0.906. The highest BCUT2D eigenvalue weighted by Crippen LogP contribution is 2.43. The number of esters is 1. The zero-order chi connectivity index (χ0) is 18.1. The number of phenolic OH excluding ortho intramolecular Hbond substituents is 2. The molecule has 1 atom stereocenters. The molecule has 1 aliphatic heterocycles. The molecule has 7 heteroatoms. The van der Waals surface area contributed by atoms with E-state index in [4.69, 9.17) is 14.2 Å². The second kappa shape index (κ2) is 6.35. The molecule has 130 valence electrons. The molecule has 2 aromatic rings. The summed E-state index contributed by atoms with van der Waals surface area (Å²) in [5.74, 6) is -0.774. The van der Waals surface area contributed by atoms with Crippen LogP contribution in [0.25, 0.3) is 0 Å². The van der Waals surface area contributed by atoms with E-state index < -0.39 is 12.1 Å². The molecule has 0 spiro atoms. The van der Waals surface area contributed by atoms with E-state index in [1.54, 1.807) is 12.1 Å². The van der Waals surface area contributed by atoms with Crippen molar-refractivity contribution < 1.29 is 34.0 Å². The highest BCUT2D eigenvalue weighted by Gasteiger charge is 2.37. The van der Waals surface area contributed by atoms with Gasteiger partial charge in [0.05, 0.1) is 20.6 Å². The molecule has 2 N–H and O–H groups in total. The van der Waals surface area contributed by atoms with Gasteiger partial charge in [-0.2, -0.15) is 0 Å². The van der Waals surface area contributed by atoms with Crippen molar-refractivity contribution in [3.05, 3.63) is 47.0 Å². The molecular weight excluding hydrogens is 328 g/mol. The van der Waals surface area contributed by atoms with Crippen LogP contribution in [0, 0.1) is 0 Å². The molecule has 0 bridgehead atoms. The van der Waals surface area contributed by atoms with Gasteiger partial charge in [-0.3, -0.25) is 4.79 Å². The molecule has 0 saturated heterocycles. The van der Waals surface area contributed by atoms with E-state index in [1.807, 2.05) is 0 Å². The third-order valence-corrected chi connectivity index (χ3v) is 3.97. The highest BCUT2D eigenvalue weighted by molar-refractivity contribution is 6.01. The van der Waals surface area contributed by atoms with Crippen molar-refractivity contribution in [3.8, 4) is 23.0 Å². The predicted molar refractivity (Wildman–Crippen MR) is 86.4 cm³/mol. The molecule has 0 amide bonds. The van der Waals surface area contributed by atoms with E-state index in [-0.39, 0.29) is 40.6 Å². The second-order valence-electron chi connectivity index (χ2n) is 5.52. The fraction of sp³-hybridized carbons (Fsp3) is 0.222. The van der Waals surface area contributed by atoms with Crippen LogP contribution in [0.5, 0.6) is 23.0 Å². The molecule has 2 aromatic carbocycles. The largest absolute Gasteiger partial charge is 0.508 e. The van der Waals surface area contributed by atoms with Crippen LogP contribution in [0.15, 0.2) is 30.3 Å². The summed E-state index contributed by atoms with van der Waals surface area (Å²) in [6, 6.07) is 6.90. The van der Waals surface area contributed by atoms with Crippen LogP contribution in [0.4, 0.5) is 0 Å². The van der Waals surface area contributed by atoms with Crippen molar-refractivity contribution in [1.82, 2.24) is 0 Å². The number of benzene rings is 2. The summed E-state index contributed by atoms with van der Waals surface area (Å²) in [5, 5.41) is 19.0. The van der Waals surface area contributed by atoms with Gasteiger partial charge in [0.1, 0.15) is 23.2 Å². The molecule has 0 unspecified atom stereocenters. The van der Waals surface area contributed by atoms with Crippen LogP contribution in [0.2, 0.25) is 0 Å². The number of hydrogen-bond acceptors (Lipinski definition) is 7. The van der Waals surface area contributed by atoms with E-state index in [0.29, 0.717) is 11.3 Å². The molecule has 0 saturated carbocycles. The van der Waals surface area contributed by atoms with E-state index in [1.165, 1.54) is 26.4 Å². The zero-order valence-corrected chi connectivity index (χ0v) is 13.6. The number of Topliss-reactive ketones (excluding diaryl/α,β-unsaturated/α-hetero) is 1. The van der Waals surface area contributed by atoms with Gasteiger partial charge in [-0.05, 0) is 18.2 Å². The number of fused-ring (bicyclic) bond motifs is 1. The predicted octanol–water partition coefficient (Wildman–Crippen LogP) is 2.60. The first-order valence-corrected chi connectivity index (χ1v) is 7.46. The SMILES string of the molecule is COc1ccc2c(c1OC)C(=O)O[C@H]2CC(=O)c1cc(O)cc(O)c1. The van der Waals surface area contributed by atoms with Gasteiger partial charge in [-0.25, -0.2) is 4.79 Å². The van der Waals surface area contributed by atoms with Gasteiger partial charge < -0.3 is 24.4 Å². The molecule has 3 rings (SSSR count). The van der Waals surface area contributed by atoms with Crippen LogP contribution in [0.1, 0.15) is 38.8 Å². The van der Waals surface area contributed by atoms with Crippen molar-refractivity contribution in [3.63, 3.8) is 0 Å². The lowest BCUT2D eigenvalue weighted by Crippen LogP contribution is -2.07. The number of cyclic esters (lactones) is 1. The average molecular weight is 344 g/mol. The summed E-state index contributed by atoms with van der Waals surface area (Å²) < 4.78 is 15.7. The van der Waals surface area contributed by atoms with Gasteiger partial charge in [0.25, 0.3) is 0 Å². The zero-order valence-electron chi connectivity index (χ0n) is 13.6. The number of phenols is 2. The van der Waals surface area contributed by atoms with E-state index >= 15 is 0 Å². The fourth-order valence-corrected chi connectivity index (χ4v) is 2.87. The number of carbonyl (C=O) groups excluding carboxylic acids is 2. The van der Waals surface area contributed by atoms with Crippen molar-refractivity contribution in [2.45, 2.75) is 12.5 Å². The topological polar surface area (TPSA) is 102 Å². The first-order chi connectivity index (χ1) is 11.9. The first kappa shape index (κ1) is 16.6. The third kappa shape index (κ3) is 2.96. The fourth-order valence-electron chi connectivity index (χ4n) is 2.87. The smallest absolute Gasteiger partial charge is 0.343 e. The Labute approximate surface area is 143 Å². The minimum atomic E-state index is -0.778. The number of rotatable bonds is 5. The molecule has 0 aromatic heterocycles. The lowest BCUT2D eigenvalue weighted by atomic mass is 9.97. The van der Waals surface area contributed by atoms with Crippen LogP contribution < -0.4 is 9.47 Å². The Kier molecular flexibility index (Phi) is 4.22. The average Bonchev–Trinajstić information content (AvgIpc) is 2.89. The van der Waals surface area contributed by atoms with Gasteiger partial charge in [0.15, 0.2) is 17.3 Å². The lowest BCUT2D eigenvalue weighted by molar-refractivity contribution is 0.0365. The first-order valence-electron chi connectivity index (χ1n) is 7.46. The Morgan fingerprint density at radius 1 is 1.12 bits per heavy atom. The third-order valence-electron chi connectivity index (χ3n) is 3.97. The Balaban J connectivity index is 1.92. The summed E-state index contributed by atoms with van der Waals surface area (Å²) in [6.45, 7) is 0. The van der Waals surface area contributed by atoms with Gasteiger partial charge in [-0.15, -0.1) is 0 Å². The van der Waals surface area contributed by atoms with Crippen molar-refractivity contribution in [2.24, 2.45) is 0 Å². The van der Waals surface area contributed by atoms with Crippen molar-refractivity contribution >= 4 is 11.8 Å². The number of carbonyl (C=O) groups is 2. The van der Waals surface area contributed by atoms with E-state index in [9.17, 15) is 19.8 Å². The maximum atomic E-state index is 12.4. The van der Waals surface area contributed by atoms with Crippen LogP contribution in [-0.4, -0.2) is 36.2 Å². The Morgan fingerprint density at radius 2 is 1.80 bits per heavy atom. The Hall–Kier alpha value is -3.22. The quantitative estimate of drug-likeness (QED) is 0.635. The molecule has 1 heterocycles. The lowest BCUT2D eigenvalue weighted by Gasteiger charge is -2.12. The number of methoxy groups -OCH3 is 2. The molecule has 0 aliphatic carbocycles. The van der Waals surface area contributed by atoms with E-state index in [0.717, 1.165) is 6.07 Å². The van der Waals surface area contributed by atoms with Gasteiger partial charge in [0, 0.05) is 17.2 Å². The highest BCUT2D eigenvalue weighted by atomic mass is 16.6. The van der Waals surface area contributed by atoms with Crippen LogP contribution in [-0.2, 0) is 4.74 Å². The number of hydrogen-bond donors (Lipinski definition) is 2. The Morgan fingerprint density at radius 3 is 2.40 bits per heavy atom. The number of ether oxygens (including phenoxy) is 3. The molecular formula is C18H16O7. The second-order valence-corrected chi connectivity index (χ2v) is 5.52. The summed E-state index contributed by atoms with van der Waals surface area (Å²) >= 11 is 0. The van der Waals surface area contributed by atoms with Crippen LogP contribution >= 0.6 is 0 Å². The molecule has 0 radical (unpaired) electrons. The van der Waals surface area contributed by atoms with Crippen molar-refractivity contribution in [2.75, 3.05) is 14.2 Å². The molecule has 25 heavy (non-hydrogen) atoms. The molecule has 7 nitrogen and oxygen atoms in total. The van der Waals surface area contributed by atoms with E-state index in [2.05, 4.69) is 0 Å². The monoisotopic (exact) mass is 344 g/mol. The molecule has 1 aliphatic rings. The number of aromatic hydroxyl groups is 2. The minimum absolute atomic E-state index is 0.127. The molecule has 0 fully saturated rings.